The highest BCUT2D eigenvalue weighted by molar-refractivity contribution is 5.96. The molecule has 0 aromatic heterocycles. The number of ether oxygens (including phenoxy) is 2. The summed E-state index contributed by atoms with van der Waals surface area (Å²) in [6.07, 6.45) is 4.26. The van der Waals surface area contributed by atoms with Gasteiger partial charge in [0.05, 0.1) is 12.5 Å². The number of nitrogens with zero attached hydrogens (tertiary/aromatic N) is 4. The van der Waals surface area contributed by atoms with Gasteiger partial charge in [0.25, 0.3) is 0 Å². The summed E-state index contributed by atoms with van der Waals surface area (Å²) in [7, 11) is 1.65. The van der Waals surface area contributed by atoms with Crippen LogP contribution in [0.25, 0.3) is 0 Å². The van der Waals surface area contributed by atoms with Crippen molar-refractivity contribution in [1.82, 2.24) is 19.6 Å². The van der Waals surface area contributed by atoms with Crippen LogP contribution in [-0.4, -0.2) is 108 Å². The van der Waals surface area contributed by atoms with E-state index in [0.29, 0.717) is 37.7 Å². The fraction of sp³-hybridized carbons (Fsp3) is 0.655. The minimum Gasteiger partial charge on any atom is -0.481 e. The van der Waals surface area contributed by atoms with Gasteiger partial charge in [0.1, 0.15) is 0 Å². The number of fused-ring (bicyclic) bond motifs is 1. The summed E-state index contributed by atoms with van der Waals surface area (Å²) in [6, 6.07) is 4.56. The molecular formula is C29H42N4O7. The molecular weight excluding hydrogens is 516 g/mol. The maximum Gasteiger partial charge on any atom is 0.326 e. The highest BCUT2D eigenvalue weighted by atomic mass is 16.7. The molecule has 0 bridgehead atoms. The predicted octanol–water partition coefficient (Wildman–Crippen LogP) is 2.99. The summed E-state index contributed by atoms with van der Waals surface area (Å²) in [5.41, 5.74) is 0.801. The number of amides is 4. The number of hydrogen-bond acceptors (Lipinski definition) is 7. The molecule has 2 saturated heterocycles. The van der Waals surface area contributed by atoms with E-state index >= 15 is 0 Å². The van der Waals surface area contributed by atoms with Crippen molar-refractivity contribution >= 4 is 23.8 Å². The Bertz CT molecular complexity index is 1090. The third kappa shape index (κ3) is 6.51. The Labute approximate surface area is 236 Å². The van der Waals surface area contributed by atoms with E-state index in [1.54, 1.807) is 13.1 Å². The monoisotopic (exact) mass is 558 g/mol. The van der Waals surface area contributed by atoms with Crippen molar-refractivity contribution in [3.63, 3.8) is 0 Å². The average Bonchev–Trinajstić information content (AvgIpc) is 3.55. The molecule has 4 amide bonds. The molecule has 40 heavy (non-hydrogen) atoms. The van der Waals surface area contributed by atoms with E-state index in [-0.39, 0.29) is 50.6 Å². The highest BCUT2D eigenvalue weighted by Crippen LogP contribution is 2.42. The van der Waals surface area contributed by atoms with Crippen LogP contribution in [-0.2, 0) is 14.4 Å². The maximum absolute atomic E-state index is 13.6. The Hall–Kier alpha value is -3.34. The molecule has 1 aromatic rings. The van der Waals surface area contributed by atoms with Gasteiger partial charge in [-0.1, -0.05) is 32.8 Å². The second kappa shape index (κ2) is 13.3. The highest BCUT2D eigenvalue weighted by Gasteiger charge is 2.48. The second-order valence-electron chi connectivity index (χ2n) is 11.0. The third-order valence-corrected chi connectivity index (χ3v) is 8.28. The summed E-state index contributed by atoms with van der Waals surface area (Å²) in [5.74, 6) is -1.29. The first-order valence-corrected chi connectivity index (χ1v) is 14.4. The molecule has 0 saturated carbocycles. The van der Waals surface area contributed by atoms with Crippen LogP contribution in [0.1, 0.15) is 63.9 Å². The number of unbranched alkanes of at least 4 members (excludes halogenated alkanes) is 2. The number of rotatable bonds is 13. The van der Waals surface area contributed by atoms with Gasteiger partial charge in [-0.25, -0.2) is 4.79 Å². The lowest BCUT2D eigenvalue weighted by molar-refractivity contribution is -0.144. The normalized spacial score (nSPS) is 22.7. The number of hydrogen-bond donors (Lipinski definition) is 1. The van der Waals surface area contributed by atoms with Crippen LogP contribution < -0.4 is 9.47 Å². The molecule has 0 unspecified atom stereocenters. The Morgan fingerprint density at radius 1 is 1.07 bits per heavy atom. The summed E-state index contributed by atoms with van der Waals surface area (Å²) in [5, 5.41) is 10.5. The van der Waals surface area contributed by atoms with Crippen molar-refractivity contribution in [2.45, 2.75) is 64.3 Å². The van der Waals surface area contributed by atoms with Gasteiger partial charge >= 0.3 is 12.0 Å². The summed E-state index contributed by atoms with van der Waals surface area (Å²) in [4.78, 5) is 58.2. The SMILES string of the molecule is CCCCN(CCCC)C(=O)CN1C[C@H](c2ccc3c(c2)OCO3)[C@@H](C(=O)O)[C@@H]1CCN1C(=O)CCN(C)C1=O. The first-order valence-electron chi connectivity index (χ1n) is 14.4. The standard InChI is InChI=1S/C29H42N4O7/c1-4-6-12-31(13-7-5-2)26(35)18-32-17-21(20-8-9-23-24(16-20)40-19-39-23)27(28(36)37)22(32)10-15-33-25(34)11-14-30(3)29(33)38/h8-9,16,21-22,27H,4-7,10-15,17-19H2,1-3H3,(H,36,37)/t21-,22+,27-/m1/s1. The summed E-state index contributed by atoms with van der Waals surface area (Å²) in [6.45, 7) is 6.56. The lowest BCUT2D eigenvalue weighted by atomic mass is 9.84. The molecule has 3 aliphatic rings. The van der Waals surface area contributed by atoms with Gasteiger partial charge in [-0.05, 0) is 37.0 Å². The van der Waals surface area contributed by atoms with E-state index in [4.69, 9.17) is 9.47 Å². The molecule has 1 aromatic carbocycles. The van der Waals surface area contributed by atoms with Crippen molar-refractivity contribution in [3.8, 4) is 11.5 Å². The van der Waals surface area contributed by atoms with Crippen molar-refractivity contribution in [1.29, 1.82) is 0 Å². The Balaban J connectivity index is 1.60. The third-order valence-electron chi connectivity index (χ3n) is 8.28. The molecule has 11 nitrogen and oxygen atoms in total. The molecule has 3 aliphatic heterocycles. The Morgan fingerprint density at radius 2 is 1.77 bits per heavy atom. The molecule has 1 N–H and O–H groups in total. The smallest absolute Gasteiger partial charge is 0.326 e. The fourth-order valence-corrected chi connectivity index (χ4v) is 5.96. The van der Waals surface area contributed by atoms with E-state index < -0.39 is 23.8 Å². The minimum absolute atomic E-state index is 0.0211. The van der Waals surface area contributed by atoms with Crippen LogP contribution in [0.5, 0.6) is 11.5 Å². The molecule has 11 heteroatoms. The molecule has 2 fully saturated rings. The fourth-order valence-electron chi connectivity index (χ4n) is 5.96. The number of imide groups is 1. The van der Waals surface area contributed by atoms with E-state index in [2.05, 4.69) is 13.8 Å². The predicted molar refractivity (Wildman–Crippen MR) is 147 cm³/mol. The number of urea groups is 1. The van der Waals surface area contributed by atoms with Crippen molar-refractivity contribution in [2.75, 3.05) is 53.1 Å². The molecule has 3 heterocycles. The van der Waals surface area contributed by atoms with E-state index in [1.807, 2.05) is 21.9 Å². The number of carboxylic acids is 1. The Kier molecular flexibility index (Phi) is 9.89. The van der Waals surface area contributed by atoms with Gasteiger partial charge < -0.3 is 24.4 Å². The van der Waals surface area contributed by atoms with Crippen LogP contribution in [0.4, 0.5) is 4.79 Å². The zero-order chi connectivity index (χ0) is 28.8. The zero-order valence-corrected chi connectivity index (χ0v) is 23.8. The number of likely N-dealkylation sites (tertiary alicyclic amines) is 1. The van der Waals surface area contributed by atoms with E-state index in [1.165, 1.54) is 9.80 Å². The van der Waals surface area contributed by atoms with Crippen LogP contribution in [0, 0.1) is 5.92 Å². The first kappa shape index (κ1) is 29.6. The van der Waals surface area contributed by atoms with Crippen molar-refractivity contribution in [2.24, 2.45) is 5.92 Å². The first-order chi connectivity index (χ1) is 19.2. The van der Waals surface area contributed by atoms with Gasteiger partial charge in [0, 0.05) is 58.2 Å². The summed E-state index contributed by atoms with van der Waals surface area (Å²) < 4.78 is 11.0. The minimum atomic E-state index is -0.968. The van der Waals surface area contributed by atoms with Crippen LogP contribution in [0.15, 0.2) is 18.2 Å². The lowest BCUT2D eigenvalue weighted by Crippen LogP contribution is -2.52. The quantitative estimate of drug-likeness (QED) is 0.392. The number of carboxylic acid groups (broad SMARTS) is 1. The molecule has 3 atom stereocenters. The topological polar surface area (TPSA) is 120 Å². The molecule has 4 rings (SSSR count). The number of benzene rings is 1. The van der Waals surface area contributed by atoms with Crippen LogP contribution in [0.3, 0.4) is 0 Å². The van der Waals surface area contributed by atoms with Gasteiger partial charge in [-0.3, -0.25) is 24.2 Å². The molecule has 0 radical (unpaired) electrons. The van der Waals surface area contributed by atoms with Gasteiger partial charge in [0.2, 0.25) is 18.6 Å². The van der Waals surface area contributed by atoms with E-state index in [0.717, 1.165) is 31.2 Å². The largest absolute Gasteiger partial charge is 0.481 e. The zero-order valence-electron chi connectivity index (χ0n) is 23.8. The van der Waals surface area contributed by atoms with Crippen LogP contribution in [0.2, 0.25) is 0 Å². The molecule has 0 aliphatic carbocycles. The Morgan fingerprint density at radius 3 is 2.45 bits per heavy atom. The second-order valence-corrected chi connectivity index (χ2v) is 11.0. The van der Waals surface area contributed by atoms with Gasteiger partial charge in [0.15, 0.2) is 11.5 Å². The van der Waals surface area contributed by atoms with Crippen molar-refractivity contribution in [3.05, 3.63) is 23.8 Å². The van der Waals surface area contributed by atoms with E-state index in [9.17, 15) is 24.3 Å². The van der Waals surface area contributed by atoms with Gasteiger partial charge in [-0.15, -0.1) is 0 Å². The average molecular weight is 559 g/mol. The summed E-state index contributed by atoms with van der Waals surface area (Å²) >= 11 is 0. The number of carbonyl (C=O) groups excluding carboxylic acids is 3. The number of carbonyl (C=O) groups is 4. The maximum atomic E-state index is 13.6. The number of aliphatic carboxylic acids is 1. The van der Waals surface area contributed by atoms with Crippen LogP contribution >= 0.6 is 0 Å². The lowest BCUT2D eigenvalue weighted by Gasteiger charge is -2.34. The molecule has 220 valence electrons. The molecule has 0 spiro atoms. The van der Waals surface area contributed by atoms with Gasteiger partial charge in [-0.2, -0.15) is 0 Å². The van der Waals surface area contributed by atoms with Crippen molar-refractivity contribution < 1.29 is 33.8 Å².